The summed E-state index contributed by atoms with van der Waals surface area (Å²) in [5.74, 6) is 0. The minimum atomic E-state index is 0.728. The van der Waals surface area contributed by atoms with E-state index in [1.165, 1.54) is 25.9 Å². The summed E-state index contributed by atoms with van der Waals surface area (Å²) in [6, 6.07) is 0.728. The van der Waals surface area contributed by atoms with Crippen molar-refractivity contribution in [2.75, 3.05) is 60.5 Å². The fraction of sp³-hybridized carbons (Fsp3) is 1.00. The zero-order chi connectivity index (χ0) is 11.8. The molecular formula is C12H27N3O. The van der Waals surface area contributed by atoms with Crippen LogP contribution >= 0.6 is 0 Å². The van der Waals surface area contributed by atoms with E-state index in [4.69, 9.17) is 4.74 Å². The van der Waals surface area contributed by atoms with Gasteiger partial charge in [-0.1, -0.05) is 0 Å². The zero-order valence-corrected chi connectivity index (χ0v) is 11.0. The topological polar surface area (TPSA) is 27.7 Å². The van der Waals surface area contributed by atoms with Crippen molar-refractivity contribution in [3.8, 4) is 0 Å². The van der Waals surface area contributed by atoms with Crippen LogP contribution in [0.15, 0.2) is 0 Å². The lowest BCUT2D eigenvalue weighted by Crippen LogP contribution is -2.42. The maximum absolute atomic E-state index is 5.60. The highest BCUT2D eigenvalue weighted by Crippen LogP contribution is 2.08. The normalized spacial score (nSPS) is 19.5. The van der Waals surface area contributed by atoms with Gasteiger partial charge in [0.1, 0.15) is 0 Å². The predicted octanol–water partition coefficient (Wildman–Crippen LogP) is 0.248. The zero-order valence-electron chi connectivity index (χ0n) is 11.0. The Kier molecular flexibility index (Phi) is 6.96. The van der Waals surface area contributed by atoms with Crippen molar-refractivity contribution in [2.45, 2.75) is 18.9 Å². The molecule has 1 aliphatic rings. The van der Waals surface area contributed by atoms with Crippen LogP contribution in [0.1, 0.15) is 12.8 Å². The molecule has 4 nitrogen and oxygen atoms in total. The average Bonchev–Trinajstić information content (AvgIpc) is 2.29. The molecule has 0 atom stereocenters. The fourth-order valence-electron chi connectivity index (χ4n) is 1.99. The number of likely N-dealkylation sites (tertiary alicyclic amines) is 1. The average molecular weight is 229 g/mol. The SMILES string of the molecule is CNC1CCN(CCOCCN(C)C)CC1. The van der Waals surface area contributed by atoms with Gasteiger partial charge in [0.15, 0.2) is 0 Å². The molecule has 1 rings (SSSR count). The standard InChI is InChI=1S/C12H27N3O/c1-13-12-4-6-15(7-5-12)9-11-16-10-8-14(2)3/h12-13H,4-11H2,1-3H3. The molecule has 0 aromatic rings. The van der Waals surface area contributed by atoms with Crippen LogP contribution in [0.25, 0.3) is 0 Å². The van der Waals surface area contributed by atoms with Gasteiger partial charge in [-0.05, 0) is 47.1 Å². The number of hydrogen-bond acceptors (Lipinski definition) is 4. The molecule has 0 aliphatic carbocycles. The predicted molar refractivity (Wildman–Crippen MR) is 67.9 cm³/mol. The number of ether oxygens (including phenoxy) is 1. The lowest BCUT2D eigenvalue weighted by atomic mass is 10.1. The molecule has 0 saturated carbocycles. The van der Waals surface area contributed by atoms with Crippen LogP contribution in [0.4, 0.5) is 0 Å². The first-order chi connectivity index (χ1) is 7.72. The quantitative estimate of drug-likeness (QED) is 0.633. The molecule has 1 saturated heterocycles. The van der Waals surface area contributed by atoms with E-state index in [1.54, 1.807) is 0 Å². The van der Waals surface area contributed by atoms with Crippen LogP contribution in [0.3, 0.4) is 0 Å². The van der Waals surface area contributed by atoms with E-state index < -0.39 is 0 Å². The van der Waals surface area contributed by atoms with E-state index in [1.807, 2.05) is 0 Å². The monoisotopic (exact) mass is 229 g/mol. The highest BCUT2D eigenvalue weighted by Gasteiger charge is 2.16. The van der Waals surface area contributed by atoms with Crippen LogP contribution in [-0.4, -0.2) is 76.4 Å². The number of likely N-dealkylation sites (N-methyl/N-ethyl adjacent to an activating group) is 1. The number of hydrogen-bond donors (Lipinski definition) is 1. The number of rotatable bonds is 7. The number of nitrogens with zero attached hydrogens (tertiary/aromatic N) is 2. The molecule has 0 spiro atoms. The van der Waals surface area contributed by atoms with Gasteiger partial charge < -0.3 is 19.9 Å². The van der Waals surface area contributed by atoms with Crippen molar-refractivity contribution in [3.05, 3.63) is 0 Å². The van der Waals surface area contributed by atoms with Gasteiger partial charge in [0, 0.05) is 19.1 Å². The fourth-order valence-corrected chi connectivity index (χ4v) is 1.99. The maximum atomic E-state index is 5.60. The summed E-state index contributed by atoms with van der Waals surface area (Å²) in [5.41, 5.74) is 0. The van der Waals surface area contributed by atoms with Crippen molar-refractivity contribution in [3.63, 3.8) is 0 Å². The van der Waals surface area contributed by atoms with Gasteiger partial charge in [0.05, 0.1) is 13.2 Å². The molecule has 0 radical (unpaired) electrons. The Balaban J connectivity index is 1.94. The molecule has 1 aliphatic heterocycles. The first kappa shape index (κ1) is 13.9. The summed E-state index contributed by atoms with van der Waals surface area (Å²) in [5, 5.41) is 3.35. The van der Waals surface area contributed by atoms with E-state index in [2.05, 4.69) is 36.3 Å². The van der Waals surface area contributed by atoms with E-state index in [0.717, 1.165) is 32.3 Å². The Labute approximate surface area is 99.9 Å². The minimum absolute atomic E-state index is 0.728. The first-order valence-corrected chi connectivity index (χ1v) is 6.34. The Morgan fingerprint density at radius 1 is 1.25 bits per heavy atom. The third kappa shape index (κ3) is 5.80. The second-order valence-electron chi connectivity index (χ2n) is 4.82. The smallest absolute Gasteiger partial charge is 0.0594 e. The van der Waals surface area contributed by atoms with Crippen molar-refractivity contribution in [1.29, 1.82) is 0 Å². The van der Waals surface area contributed by atoms with Gasteiger partial charge in [-0.25, -0.2) is 0 Å². The van der Waals surface area contributed by atoms with Crippen LogP contribution in [0.5, 0.6) is 0 Å². The van der Waals surface area contributed by atoms with Gasteiger partial charge in [-0.3, -0.25) is 0 Å². The second kappa shape index (κ2) is 8.01. The van der Waals surface area contributed by atoms with Crippen molar-refractivity contribution >= 4 is 0 Å². The first-order valence-electron chi connectivity index (χ1n) is 6.34. The molecule has 1 N–H and O–H groups in total. The van der Waals surface area contributed by atoms with Crippen LogP contribution in [0, 0.1) is 0 Å². The molecule has 16 heavy (non-hydrogen) atoms. The van der Waals surface area contributed by atoms with Crippen LogP contribution in [0.2, 0.25) is 0 Å². The van der Waals surface area contributed by atoms with Gasteiger partial charge in [-0.2, -0.15) is 0 Å². The largest absolute Gasteiger partial charge is 0.379 e. The van der Waals surface area contributed by atoms with Crippen molar-refractivity contribution < 1.29 is 4.74 Å². The van der Waals surface area contributed by atoms with E-state index in [-0.39, 0.29) is 0 Å². The summed E-state index contributed by atoms with van der Waals surface area (Å²) in [6.45, 7) is 6.24. The summed E-state index contributed by atoms with van der Waals surface area (Å²) in [4.78, 5) is 4.65. The molecule has 96 valence electrons. The highest BCUT2D eigenvalue weighted by molar-refractivity contribution is 4.75. The molecule has 4 heteroatoms. The Bertz CT molecular complexity index is 168. The maximum Gasteiger partial charge on any atom is 0.0594 e. The Morgan fingerprint density at radius 2 is 1.94 bits per heavy atom. The van der Waals surface area contributed by atoms with E-state index >= 15 is 0 Å². The number of nitrogens with one attached hydrogen (secondary N) is 1. The summed E-state index contributed by atoms with van der Waals surface area (Å²) in [6.07, 6.45) is 2.54. The van der Waals surface area contributed by atoms with Crippen LogP contribution in [-0.2, 0) is 4.74 Å². The third-order valence-corrected chi connectivity index (χ3v) is 3.23. The Hall–Kier alpha value is -0.160. The number of piperidine rings is 1. The second-order valence-corrected chi connectivity index (χ2v) is 4.82. The summed E-state index contributed by atoms with van der Waals surface area (Å²) in [7, 11) is 6.21. The van der Waals surface area contributed by atoms with Crippen molar-refractivity contribution in [1.82, 2.24) is 15.1 Å². The van der Waals surface area contributed by atoms with Gasteiger partial charge in [0.2, 0.25) is 0 Å². The molecule has 0 aromatic carbocycles. The highest BCUT2D eigenvalue weighted by atomic mass is 16.5. The van der Waals surface area contributed by atoms with Gasteiger partial charge in [-0.15, -0.1) is 0 Å². The third-order valence-electron chi connectivity index (χ3n) is 3.23. The molecule has 0 amide bonds. The molecule has 0 unspecified atom stereocenters. The summed E-state index contributed by atoms with van der Waals surface area (Å²) < 4.78 is 5.60. The molecule has 0 aromatic heterocycles. The van der Waals surface area contributed by atoms with Gasteiger partial charge in [0.25, 0.3) is 0 Å². The van der Waals surface area contributed by atoms with Crippen LogP contribution < -0.4 is 5.32 Å². The van der Waals surface area contributed by atoms with E-state index in [0.29, 0.717) is 0 Å². The minimum Gasteiger partial charge on any atom is -0.379 e. The molecular weight excluding hydrogens is 202 g/mol. The molecule has 1 heterocycles. The Morgan fingerprint density at radius 3 is 2.50 bits per heavy atom. The lowest BCUT2D eigenvalue weighted by Gasteiger charge is -2.31. The lowest BCUT2D eigenvalue weighted by molar-refractivity contribution is 0.0832. The van der Waals surface area contributed by atoms with E-state index in [9.17, 15) is 0 Å². The molecule has 0 bridgehead atoms. The van der Waals surface area contributed by atoms with Crippen molar-refractivity contribution in [2.24, 2.45) is 0 Å². The summed E-state index contributed by atoms with van der Waals surface area (Å²) >= 11 is 0. The van der Waals surface area contributed by atoms with Gasteiger partial charge >= 0.3 is 0 Å². The molecule has 1 fully saturated rings.